The van der Waals surface area contributed by atoms with Gasteiger partial charge in [-0.15, -0.1) is 24.8 Å². The summed E-state index contributed by atoms with van der Waals surface area (Å²) < 4.78 is 42.2. The standard InChI is InChI=1S/C16H26ClF3N4O2/c17-14-12(9-21-22-15(14)25)24-7-5-23(6-8-24)10-11-3-1-2-4-13(11)26-16(18,19)20/h11-14,21H,1-10H2,(H,22,25). The fourth-order valence-corrected chi connectivity index (χ4v) is 4.53. The molecule has 1 amide bonds. The number of alkyl halides is 4. The molecule has 3 fully saturated rings. The number of rotatable bonds is 4. The second kappa shape index (κ2) is 8.60. The maximum absolute atomic E-state index is 12.6. The highest BCUT2D eigenvalue weighted by atomic mass is 35.5. The molecule has 10 heteroatoms. The van der Waals surface area contributed by atoms with Crippen molar-refractivity contribution < 1.29 is 22.7 Å². The lowest BCUT2D eigenvalue weighted by molar-refractivity contribution is -0.351. The van der Waals surface area contributed by atoms with E-state index in [-0.39, 0.29) is 17.9 Å². The molecule has 0 aromatic rings. The molecular weight excluding hydrogens is 373 g/mol. The van der Waals surface area contributed by atoms with Crippen LogP contribution in [0.1, 0.15) is 25.7 Å². The number of nitrogens with one attached hydrogen (secondary N) is 2. The van der Waals surface area contributed by atoms with Crippen LogP contribution in [0.5, 0.6) is 0 Å². The number of hydrogen-bond donors (Lipinski definition) is 2. The third kappa shape index (κ3) is 5.22. The normalized spacial score (nSPS) is 35.3. The van der Waals surface area contributed by atoms with Gasteiger partial charge in [-0.25, -0.2) is 5.43 Å². The number of ether oxygens (including phenoxy) is 1. The summed E-state index contributed by atoms with van der Waals surface area (Å²) in [5, 5.41) is -0.592. The zero-order valence-electron chi connectivity index (χ0n) is 14.6. The van der Waals surface area contributed by atoms with Crippen molar-refractivity contribution in [2.24, 2.45) is 5.92 Å². The van der Waals surface area contributed by atoms with E-state index < -0.39 is 17.8 Å². The van der Waals surface area contributed by atoms with Crippen molar-refractivity contribution in [3.05, 3.63) is 0 Å². The number of carbonyl (C=O) groups excluding carboxylic acids is 1. The van der Waals surface area contributed by atoms with Crippen LogP contribution in [0, 0.1) is 5.92 Å². The van der Waals surface area contributed by atoms with E-state index in [9.17, 15) is 18.0 Å². The van der Waals surface area contributed by atoms with Crippen molar-refractivity contribution in [2.45, 2.75) is 49.6 Å². The van der Waals surface area contributed by atoms with Crippen molar-refractivity contribution >= 4 is 17.5 Å². The highest BCUT2D eigenvalue weighted by molar-refractivity contribution is 6.31. The van der Waals surface area contributed by atoms with E-state index in [1.807, 2.05) is 0 Å². The molecule has 4 atom stereocenters. The number of piperazine rings is 1. The lowest BCUT2D eigenvalue weighted by atomic mass is 9.86. The summed E-state index contributed by atoms with van der Waals surface area (Å²) in [6, 6.07) is -0.0661. The van der Waals surface area contributed by atoms with Gasteiger partial charge in [-0.1, -0.05) is 12.8 Å². The number of amides is 1. The van der Waals surface area contributed by atoms with Gasteiger partial charge in [0.2, 0.25) is 0 Å². The molecule has 150 valence electrons. The Balaban J connectivity index is 1.49. The van der Waals surface area contributed by atoms with Crippen LogP contribution in [-0.4, -0.2) is 78.9 Å². The van der Waals surface area contributed by atoms with Gasteiger partial charge in [-0.2, -0.15) is 0 Å². The van der Waals surface area contributed by atoms with Gasteiger partial charge in [0.05, 0.1) is 6.10 Å². The molecule has 26 heavy (non-hydrogen) atoms. The Bertz CT molecular complexity index is 489. The van der Waals surface area contributed by atoms with Crippen LogP contribution in [0.4, 0.5) is 13.2 Å². The van der Waals surface area contributed by atoms with Gasteiger partial charge in [0.25, 0.3) is 5.91 Å². The van der Waals surface area contributed by atoms with Crippen molar-refractivity contribution in [3.63, 3.8) is 0 Å². The molecule has 1 aliphatic carbocycles. The lowest BCUT2D eigenvalue weighted by Crippen LogP contribution is -2.64. The quantitative estimate of drug-likeness (QED) is 0.699. The maximum Gasteiger partial charge on any atom is 0.522 e. The molecule has 6 nitrogen and oxygen atoms in total. The first-order valence-corrected chi connectivity index (χ1v) is 9.65. The molecule has 3 rings (SSSR count). The highest BCUT2D eigenvalue weighted by Crippen LogP contribution is 2.32. The van der Waals surface area contributed by atoms with Gasteiger partial charge in [0.15, 0.2) is 0 Å². The Morgan fingerprint density at radius 3 is 2.54 bits per heavy atom. The van der Waals surface area contributed by atoms with E-state index in [0.29, 0.717) is 19.5 Å². The van der Waals surface area contributed by atoms with Crippen molar-refractivity contribution in [3.8, 4) is 0 Å². The van der Waals surface area contributed by atoms with Crippen LogP contribution >= 0.6 is 11.6 Å². The van der Waals surface area contributed by atoms with Gasteiger partial charge in [-0.05, 0) is 18.8 Å². The zero-order chi connectivity index (χ0) is 18.7. The minimum Gasteiger partial charge on any atom is -0.300 e. The first kappa shape index (κ1) is 20.1. The highest BCUT2D eigenvalue weighted by Gasteiger charge is 2.40. The van der Waals surface area contributed by atoms with Crippen LogP contribution in [0.2, 0.25) is 0 Å². The number of carbonyl (C=O) groups is 1. The summed E-state index contributed by atoms with van der Waals surface area (Å²) in [4.78, 5) is 16.1. The molecule has 0 spiro atoms. The summed E-state index contributed by atoms with van der Waals surface area (Å²) in [5.74, 6) is -0.306. The topological polar surface area (TPSA) is 56.8 Å². The van der Waals surface area contributed by atoms with E-state index >= 15 is 0 Å². The molecule has 0 bridgehead atoms. The fourth-order valence-electron chi connectivity index (χ4n) is 4.22. The smallest absolute Gasteiger partial charge is 0.300 e. The number of hydrogen-bond acceptors (Lipinski definition) is 5. The molecule has 0 aromatic heterocycles. The second-order valence-electron chi connectivity index (χ2n) is 7.32. The van der Waals surface area contributed by atoms with Crippen LogP contribution in [0.25, 0.3) is 0 Å². The number of halogens is 4. The predicted octanol–water partition coefficient (Wildman–Crippen LogP) is 1.31. The zero-order valence-corrected chi connectivity index (χ0v) is 15.4. The van der Waals surface area contributed by atoms with Crippen molar-refractivity contribution in [1.29, 1.82) is 0 Å². The summed E-state index contributed by atoms with van der Waals surface area (Å²) in [7, 11) is 0. The lowest BCUT2D eigenvalue weighted by Gasteiger charge is -2.43. The number of hydrazine groups is 1. The molecule has 2 heterocycles. The van der Waals surface area contributed by atoms with E-state index in [1.54, 1.807) is 0 Å². The van der Waals surface area contributed by atoms with Gasteiger partial charge >= 0.3 is 6.36 Å². The van der Waals surface area contributed by atoms with Gasteiger partial charge in [-0.3, -0.25) is 19.9 Å². The van der Waals surface area contributed by atoms with E-state index in [4.69, 9.17) is 11.6 Å². The van der Waals surface area contributed by atoms with Crippen LogP contribution in [0.15, 0.2) is 0 Å². The molecule has 1 saturated carbocycles. The third-order valence-electron chi connectivity index (χ3n) is 5.60. The molecule has 0 radical (unpaired) electrons. The van der Waals surface area contributed by atoms with Crippen molar-refractivity contribution in [1.82, 2.24) is 20.7 Å². The maximum atomic E-state index is 12.6. The molecule has 2 saturated heterocycles. The Kier molecular flexibility index (Phi) is 6.66. The third-order valence-corrected chi connectivity index (χ3v) is 6.09. The van der Waals surface area contributed by atoms with Gasteiger partial charge in [0.1, 0.15) is 5.38 Å². The molecular formula is C16H26ClF3N4O2. The fraction of sp³-hybridized carbons (Fsp3) is 0.938. The minimum absolute atomic E-state index is 0.0661. The van der Waals surface area contributed by atoms with Gasteiger partial charge in [0, 0.05) is 45.3 Å². The van der Waals surface area contributed by atoms with Crippen LogP contribution in [-0.2, 0) is 9.53 Å². The average Bonchev–Trinajstić information content (AvgIpc) is 2.59. The summed E-state index contributed by atoms with van der Waals surface area (Å²) in [5.41, 5.74) is 5.38. The monoisotopic (exact) mass is 398 g/mol. The molecule has 3 aliphatic rings. The summed E-state index contributed by atoms with van der Waals surface area (Å²) >= 11 is 6.21. The summed E-state index contributed by atoms with van der Waals surface area (Å²) in [6.45, 7) is 4.24. The molecule has 2 N–H and O–H groups in total. The Morgan fingerprint density at radius 2 is 1.85 bits per heavy atom. The Morgan fingerprint density at radius 1 is 1.15 bits per heavy atom. The Hall–Kier alpha value is -0.610. The van der Waals surface area contributed by atoms with Crippen LogP contribution in [0.3, 0.4) is 0 Å². The minimum atomic E-state index is -4.57. The van der Waals surface area contributed by atoms with E-state index in [1.165, 1.54) is 0 Å². The predicted molar refractivity (Wildman–Crippen MR) is 90.5 cm³/mol. The largest absolute Gasteiger partial charge is 0.522 e. The van der Waals surface area contributed by atoms with Crippen molar-refractivity contribution in [2.75, 3.05) is 39.3 Å². The molecule has 2 aliphatic heterocycles. The molecule has 0 aromatic carbocycles. The summed E-state index contributed by atoms with van der Waals surface area (Å²) in [6.07, 6.45) is -2.31. The Labute approximate surface area is 156 Å². The second-order valence-corrected chi connectivity index (χ2v) is 7.79. The van der Waals surface area contributed by atoms with Gasteiger partial charge < -0.3 is 4.90 Å². The first-order valence-electron chi connectivity index (χ1n) is 9.21. The average molecular weight is 399 g/mol. The first-order chi connectivity index (χ1) is 12.3. The molecule has 4 unspecified atom stereocenters. The van der Waals surface area contributed by atoms with E-state index in [2.05, 4.69) is 25.4 Å². The number of nitrogens with zero attached hydrogens (tertiary/aromatic N) is 2. The van der Waals surface area contributed by atoms with Crippen LogP contribution < -0.4 is 10.9 Å². The SMILES string of the molecule is O=C1NNCC(N2CCN(CC3CCCCC3OC(F)(F)F)CC2)C1Cl. The van der Waals surface area contributed by atoms with E-state index in [0.717, 1.165) is 45.4 Å².